The first-order valence-electron chi connectivity index (χ1n) is 4.78. The molecule has 0 aliphatic carbocycles. The van der Waals surface area contributed by atoms with Gasteiger partial charge in [-0.25, -0.2) is 0 Å². The van der Waals surface area contributed by atoms with E-state index in [2.05, 4.69) is 4.98 Å². The van der Waals surface area contributed by atoms with Crippen molar-refractivity contribution >= 4 is 6.29 Å². The number of pyridine rings is 1. The summed E-state index contributed by atoms with van der Waals surface area (Å²) in [6.07, 6.45) is 2.39. The second-order valence-corrected chi connectivity index (χ2v) is 3.41. The number of aromatic nitrogens is 1. The van der Waals surface area contributed by atoms with E-state index in [-0.39, 0.29) is 0 Å². The molecule has 0 spiro atoms. The molecule has 2 rings (SSSR count). The van der Waals surface area contributed by atoms with Crippen molar-refractivity contribution < 1.29 is 4.79 Å². The standard InChI is InChI=1S/C13H11NO/c1-10-4-2-3-5-12(10)13-7-6-11(9-15)8-14-13/h2-9H,1H3. The molecule has 2 nitrogen and oxygen atoms in total. The van der Waals surface area contributed by atoms with Crippen LogP contribution in [0.3, 0.4) is 0 Å². The van der Waals surface area contributed by atoms with Crippen LogP contribution in [0.2, 0.25) is 0 Å². The lowest BCUT2D eigenvalue weighted by Gasteiger charge is -2.04. The summed E-state index contributed by atoms with van der Waals surface area (Å²) < 4.78 is 0. The summed E-state index contributed by atoms with van der Waals surface area (Å²) in [6, 6.07) is 11.7. The van der Waals surface area contributed by atoms with E-state index in [4.69, 9.17) is 0 Å². The van der Waals surface area contributed by atoms with E-state index in [0.717, 1.165) is 17.5 Å². The molecule has 0 fully saturated rings. The summed E-state index contributed by atoms with van der Waals surface area (Å²) in [5.41, 5.74) is 3.80. The van der Waals surface area contributed by atoms with Crippen molar-refractivity contribution in [3.63, 3.8) is 0 Å². The molecular formula is C13H11NO. The van der Waals surface area contributed by atoms with Gasteiger partial charge in [-0.2, -0.15) is 0 Å². The highest BCUT2D eigenvalue weighted by Crippen LogP contribution is 2.20. The molecule has 15 heavy (non-hydrogen) atoms. The monoisotopic (exact) mass is 197 g/mol. The molecule has 0 aliphatic rings. The van der Waals surface area contributed by atoms with Gasteiger partial charge in [0.2, 0.25) is 0 Å². The third kappa shape index (κ3) is 1.94. The fraction of sp³-hybridized carbons (Fsp3) is 0.0769. The maximum absolute atomic E-state index is 10.5. The van der Waals surface area contributed by atoms with Crippen molar-refractivity contribution in [1.82, 2.24) is 4.98 Å². The summed E-state index contributed by atoms with van der Waals surface area (Å²) >= 11 is 0. The fourth-order valence-corrected chi connectivity index (χ4v) is 1.49. The zero-order valence-corrected chi connectivity index (χ0v) is 8.47. The molecule has 0 N–H and O–H groups in total. The van der Waals surface area contributed by atoms with Crippen LogP contribution in [0.1, 0.15) is 15.9 Å². The molecule has 0 amide bonds. The minimum Gasteiger partial charge on any atom is -0.298 e. The van der Waals surface area contributed by atoms with E-state index in [1.54, 1.807) is 12.3 Å². The quantitative estimate of drug-likeness (QED) is 0.693. The van der Waals surface area contributed by atoms with E-state index >= 15 is 0 Å². The van der Waals surface area contributed by atoms with Gasteiger partial charge in [-0.1, -0.05) is 24.3 Å². The number of rotatable bonds is 2. The number of hydrogen-bond donors (Lipinski definition) is 0. The molecule has 74 valence electrons. The third-order valence-corrected chi connectivity index (χ3v) is 2.34. The average molecular weight is 197 g/mol. The molecule has 0 unspecified atom stereocenters. The fourth-order valence-electron chi connectivity index (χ4n) is 1.49. The molecule has 2 aromatic rings. The Morgan fingerprint density at radius 1 is 1.13 bits per heavy atom. The number of benzene rings is 1. The summed E-state index contributed by atoms with van der Waals surface area (Å²) in [4.78, 5) is 14.7. The van der Waals surface area contributed by atoms with Crippen LogP contribution in [-0.4, -0.2) is 11.3 Å². The van der Waals surface area contributed by atoms with Crippen molar-refractivity contribution in [3.05, 3.63) is 53.7 Å². The van der Waals surface area contributed by atoms with Crippen LogP contribution in [0.4, 0.5) is 0 Å². The summed E-state index contributed by atoms with van der Waals surface area (Å²) in [6.45, 7) is 2.05. The van der Waals surface area contributed by atoms with E-state index < -0.39 is 0 Å². The van der Waals surface area contributed by atoms with E-state index in [1.807, 2.05) is 37.3 Å². The minimum atomic E-state index is 0.604. The van der Waals surface area contributed by atoms with Crippen LogP contribution in [0, 0.1) is 6.92 Å². The van der Waals surface area contributed by atoms with Crippen LogP contribution < -0.4 is 0 Å². The van der Waals surface area contributed by atoms with Crippen LogP contribution in [0.25, 0.3) is 11.3 Å². The van der Waals surface area contributed by atoms with Crippen molar-refractivity contribution in [2.24, 2.45) is 0 Å². The van der Waals surface area contributed by atoms with E-state index in [1.165, 1.54) is 5.56 Å². The topological polar surface area (TPSA) is 30.0 Å². The Hall–Kier alpha value is -1.96. The Morgan fingerprint density at radius 2 is 1.93 bits per heavy atom. The van der Waals surface area contributed by atoms with Gasteiger partial charge in [0.1, 0.15) is 0 Å². The molecule has 1 heterocycles. The average Bonchev–Trinajstić information content (AvgIpc) is 2.30. The van der Waals surface area contributed by atoms with Gasteiger partial charge >= 0.3 is 0 Å². The molecule has 0 aliphatic heterocycles. The van der Waals surface area contributed by atoms with Crippen LogP contribution in [0.5, 0.6) is 0 Å². The second-order valence-electron chi connectivity index (χ2n) is 3.41. The zero-order valence-electron chi connectivity index (χ0n) is 8.47. The molecule has 2 heteroatoms. The van der Waals surface area contributed by atoms with Gasteiger partial charge in [-0.15, -0.1) is 0 Å². The van der Waals surface area contributed by atoms with E-state index in [0.29, 0.717) is 5.56 Å². The maximum atomic E-state index is 10.5. The number of aryl methyl sites for hydroxylation is 1. The Morgan fingerprint density at radius 3 is 2.53 bits per heavy atom. The smallest absolute Gasteiger partial charge is 0.151 e. The highest BCUT2D eigenvalue weighted by Gasteiger charge is 2.01. The normalized spacial score (nSPS) is 9.93. The second kappa shape index (κ2) is 4.05. The molecule has 1 aromatic heterocycles. The van der Waals surface area contributed by atoms with Crippen LogP contribution in [-0.2, 0) is 0 Å². The van der Waals surface area contributed by atoms with Crippen molar-refractivity contribution in [2.45, 2.75) is 6.92 Å². The first-order valence-corrected chi connectivity index (χ1v) is 4.78. The lowest BCUT2D eigenvalue weighted by atomic mass is 10.1. The molecule has 0 radical (unpaired) electrons. The summed E-state index contributed by atoms with van der Waals surface area (Å²) in [5, 5.41) is 0. The molecular weight excluding hydrogens is 186 g/mol. The zero-order chi connectivity index (χ0) is 10.7. The molecule has 0 atom stereocenters. The summed E-state index contributed by atoms with van der Waals surface area (Å²) in [5.74, 6) is 0. The van der Waals surface area contributed by atoms with Gasteiger partial charge in [0.05, 0.1) is 5.69 Å². The van der Waals surface area contributed by atoms with Crippen molar-refractivity contribution in [1.29, 1.82) is 0 Å². The molecule has 0 saturated carbocycles. The number of carbonyl (C=O) groups is 1. The van der Waals surface area contributed by atoms with Crippen LogP contribution in [0.15, 0.2) is 42.6 Å². The van der Waals surface area contributed by atoms with Gasteiger partial charge in [0.15, 0.2) is 6.29 Å². The Kier molecular flexibility index (Phi) is 2.59. The van der Waals surface area contributed by atoms with Gasteiger partial charge in [0.25, 0.3) is 0 Å². The number of hydrogen-bond acceptors (Lipinski definition) is 2. The lowest BCUT2D eigenvalue weighted by Crippen LogP contribution is -1.88. The highest BCUT2D eigenvalue weighted by molar-refractivity contribution is 5.75. The van der Waals surface area contributed by atoms with Crippen LogP contribution >= 0.6 is 0 Å². The summed E-state index contributed by atoms with van der Waals surface area (Å²) in [7, 11) is 0. The lowest BCUT2D eigenvalue weighted by molar-refractivity contribution is 0.112. The first-order chi connectivity index (χ1) is 7.31. The molecule has 0 bridgehead atoms. The van der Waals surface area contributed by atoms with Gasteiger partial charge in [0, 0.05) is 17.3 Å². The Labute approximate surface area is 88.6 Å². The Balaban J connectivity index is 2.46. The van der Waals surface area contributed by atoms with Crippen molar-refractivity contribution in [3.8, 4) is 11.3 Å². The van der Waals surface area contributed by atoms with Gasteiger partial charge in [-0.3, -0.25) is 9.78 Å². The molecule has 1 aromatic carbocycles. The predicted octanol–water partition coefficient (Wildman–Crippen LogP) is 2.87. The van der Waals surface area contributed by atoms with Gasteiger partial charge < -0.3 is 0 Å². The van der Waals surface area contributed by atoms with Gasteiger partial charge in [-0.05, 0) is 24.6 Å². The predicted molar refractivity (Wildman–Crippen MR) is 59.8 cm³/mol. The van der Waals surface area contributed by atoms with Crippen molar-refractivity contribution in [2.75, 3.05) is 0 Å². The maximum Gasteiger partial charge on any atom is 0.151 e. The minimum absolute atomic E-state index is 0.604. The van der Waals surface area contributed by atoms with E-state index in [9.17, 15) is 4.79 Å². The third-order valence-electron chi connectivity index (χ3n) is 2.34. The first kappa shape index (κ1) is 9.59. The number of carbonyl (C=O) groups excluding carboxylic acids is 1. The number of nitrogens with zero attached hydrogens (tertiary/aromatic N) is 1. The Bertz CT molecular complexity index is 474. The largest absolute Gasteiger partial charge is 0.298 e. The number of aldehydes is 1. The SMILES string of the molecule is Cc1ccccc1-c1ccc(C=O)cn1. The highest BCUT2D eigenvalue weighted by atomic mass is 16.1. The molecule has 0 saturated heterocycles.